The van der Waals surface area contributed by atoms with Gasteiger partial charge in [0.15, 0.2) is 17.1 Å². The highest BCUT2D eigenvalue weighted by Gasteiger charge is 2.33. The number of nitrogens with two attached hydrogens (primary N) is 1. The predicted octanol–water partition coefficient (Wildman–Crippen LogP) is 3.14. The molecule has 0 radical (unpaired) electrons. The van der Waals surface area contributed by atoms with Gasteiger partial charge in [-0.05, 0) is 19.1 Å². The first-order chi connectivity index (χ1) is 17.9. The first-order valence-electron chi connectivity index (χ1n) is 11.5. The second-order valence-electron chi connectivity index (χ2n) is 8.77. The number of ether oxygens (including phenoxy) is 1. The summed E-state index contributed by atoms with van der Waals surface area (Å²) in [6.07, 6.45) is 6.89. The van der Waals surface area contributed by atoms with Gasteiger partial charge in [-0.25, -0.2) is 15.0 Å². The molecule has 13 heteroatoms. The molecule has 0 atom stereocenters. The van der Waals surface area contributed by atoms with E-state index in [9.17, 15) is 4.79 Å². The lowest BCUT2D eigenvalue weighted by Gasteiger charge is -2.37. The summed E-state index contributed by atoms with van der Waals surface area (Å²) in [5.74, 6) is 0.397. The second-order valence-corrected chi connectivity index (χ2v) is 10.1. The van der Waals surface area contributed by atoms with Crippen molar-refractivity contribution in [3.63, 3.8) is 0 Å². The monoisotopic (exact) mass is 517 g/mol. The molecule has 1 aliphatic rings. The van der Waals surface area contributed by atoms with Gasteiger partial charge in [0.1, 0.15) is 22.9 Å². The fourth-order valence-electron chi connectivity index (χ4n) is 4.04. The molecular weight excluding hydrogens is 494 g/mol. The van der Waals surface area contributed by atoms with Gasteiger partial charge in [0.2, 0.25) is 0 Å². The Balaban J connectivity index is 1.12. The number of aromatic nitrogens is 6. The number of carbonyl (C=O) groups excluding carboxylic acids is 1. The number of thiazole rings is 1. The van der Waals surface area contributed by atoms with Gasteiger partial charge in [0.25, 0.3) is 11.9 Å². The molecule has 5 aromatic rings. The van der Waals surface area contributed by atoms with Crippen molar-refractivity contribution < 1.29 is 13.9 Å². The summed E-state index contributed by atoms with van der Waals surface area (Å²) in [7, 11) is 1.80. The normalized spacial score (nSPS) is 13.6. The summed E-state index contributed by atoms with van der Waals surface area (Å²) in [4.78, 5) is 33.0. The van der Waals surface area contributed by atoms with E-state index in [0.717, 1.165) is 15.4 Å². The van der Waals surface area contributed by atoms with Crippen LogP contribution >= 0.6 is 11.3 Å². The lowest BCUT2D eigenvalue weighted by atomic mass is 9.97. The van der Waals surface area contributed by atoms with Gasteiger partial charge < -0.3 is 25.1 Å². The van der Waals surface area contributed by atoms with Crippen molar-refractivity contribution >= 4 is 45.9 Å². The lowest BCUT2D eigenvalue weighted by Crippen LogP contribution is -2.45. The number of hydrogen-bond donors (Lipinski definition) is 2. The first-order valence-corrected chi connectivity index (χ1v) is 12.3. The number of nitrogens with one attached hydrogen (secondary N) is 1. The number of amides is 1. The lowest BCUT2D eigenvalue weighted by molar-refractivity contribution is 0.0995. The quantitative estimate of drug-likeness (QED) is 0.314. The molecule has 5 heterocycles. The van der Waals surface area contributed by atoms with E-state index in [1.165, 1.54) is 0 Å². The van der Waals surface area contributed by atoms with E-state index in [1.54, 1.807) is 41.7 Å². The molecule has 1 fully saturated rings. The SMILES string of the molecule is Cc1cnc(COc2ccc3nc(N4CC(c5cnc(Nc6cnn(C)c6)c(C(N)=O)n5)C4)oc3c2)s1. The van der Waals surface area contributed by atoms with Crippen LogP contribution in [0.15, 0.2) is 47.4 Å². The fourth-order valence-corrected chi connectivity index (χ4v) is 4.74. The zero-order valence-corrected chi connectivity index (χ0v) is 20.9. The fraction of sp³-hybridized carbons (Fsp3) is 0.250. The number of primary amides is 1. The molecule has 0 saturated carbocycles. The molecular formula is C24H23N9O3S. The standard InChI is InChI=1S/C24H23N9O3S/c1-13-6-26-20(37-13)12-35-16-3-4-17-19(5-16)36-24(31-17)33-9-14(10-33)18-8-27-23(21(30-18)22(25)34)29-15-7-28-32(2)11-15/h3-8,11,14H,9-10,12H2,1-2H3,(H2,25,34)(H,27,29). The summed E-state index contributed by atoms with van der Waals surface area (Å²) in [6.45, 7) is 3.68. The van der Waals surface area contributed by atoms with Gasteiger partial charge in [0.05, 0.1) is 23.8 Å². The van der Waals surface area contributed by atoms with Crippen LogP contribution in [-0.4, -0.2) is 48.7 Å². The topological polar surface area (TPSA) is 150 Å². The number of fused-ring (bicyclic) bond motifs is 1. The van der Waals surface area contributed by atoms with E-state index in [1.807, 2.05) is 36.2 Å². The summed E-state index contributed by atoms with van der Waals surface area (Å²) < 4.78 is 13.5. The Morgan fingerprint density at radius 1 is 1.24 bits per heavy atom. The zero-order chi connectivity index (χ0) is 25.5. The molecule has 0 bridgehead atoms. The van der Waals surface area contributed by atoms with Crippen LogP contribution in [0.4, 0.5) is 17.5 Å². The van der Waals surface area contributed by atoms with Crippen molar-refractivity contribution in [2.45, 2.75) is 19.4 Å². The summed E-state index contributed by atoms with van der Waals surface area (Å²) >= 11 is 1.61. The first kappa shape index (κ1) is 22.9. The third-order valence-electron chi connectivity index (χ3n) is 5.94. The van der Waals surface area contributed by atoms with Crippen molar-refractivity contribution in [2.75, 3.05) is 23.3 Å². The average Bonchev–Trinajstić information content (AvgIpc) is 3.57. The van der Waals surface area contributed by atoms with E-state index in [-0.39, 0.29) is 11.6 Å². The Labute approximate surface area is 215 Å². The Kier molecular flexibility index (Phi) is 5.68. The van der Waals surface area contributed by atoms with Crippen LogP contribution in [0.2, 0.25) is 0 Å². The van der Waals surface area contributed by atoms with Gasteiger partial charge in [-0.1, -0.05) is 0 Å². The molecule has 1 aliphatic heterocycles. The zero-order valence-electron chi connectivity index (χ0n) is 20.1. The average molecular weight is 518 g/mol. The van der Waals surface area contributed by atoms with Crippen LogP contribution < -0.4 is 20.7 Å². The highest BCUT2D eigenvalue weighted by molar-refractivity contribution is 7.11. The Morgan fingerprint density at radius 2 is 2.11 bits per heavy atom. The number of carbonyl (C=O) groups is 1. The van der Waals surface area contributed by atoms with Crippen molar-refractivity contribution in [3.05, 3.63) is 64.3 Å². The van der Waals surface area contributed by atoms with Crippen LogP contribution in [0.1, 0.15) is 32.0 Å². The van der Waals surface area contributed by atoms with Gasteiger partial charge in [-0.3, -0.25) is 9.48 Å². The molecule has 1 amide bonds. The van der Waals surface area contributed by atoms with Crippen molar-refractivity contribution in [2.24, 2.45) is 12.8 Å². The molecule has 0 aliphatic carbocycles. The minimum Gasteiger partial charge on any atom is -0.486 e. The van der Waals surface area contributed by atoms with E-state index in [4.69, 9.17) is 14.9 Å². The molecule has 1 saturated heterocycles. The maximum absolute atomic E-state index is 12.0. The number of aryl methyl sites for hydroxylation is 2. The molecule has 4 aromatic heterocycles. The largest absolute Gasteiger partial charge is 0.486 e. The number of oxazole rings is 1. The predicted molar refractivity (Wildman–Crippen MR) is 137 cm³/mol. The number of benzene rings is 1. The molecule has 12 nitrogen and oxygen atoms in total. The molecule has 6 rings (SSSR count). The van der Waals surface area contributed by atoms with Crippen molar-refractivity contribution in [1.29, 1.82) is 0 Å². The Bertz CT molecular complexity index is 1600. The minimum absolute atomic E-state index is 0.0636. The third-order valence-corrected chi connectivity index (χ3v) is 6.83. The highest BCUT2D eigenvalue weighted by Crippen LogP contribution is 2.34. The van der Waals surface area contributed by atoms with Crippen LogP contribution in [-0.2, 0) is 13.7 Å². The molecule has 1 aromatic carbocycles. The number of hydrogen-bond acceptors (Lipinski definition) is 11. The van der Waals surface area contributed by atoms with E-state index in [0.29, 0.717) is 54.2 Å². The Hall–Kier alpha value is -4.52. The van der Waals surface area contributed by atoms with Gasteiger partial charge in [0, 0.05) is 49.4 Å². The number of nitrogens with zero attached hydrogens (tertiary/aromatic N) is 7. The smallest absolute Gasteiger partial charge is 0.298 e. The van der Waals surface area contributed by atoms with E-state index < -0.39 is 5.91 Å². The van der Waals surface area contributed by atoms with Crippen LogP contribution in [0.25, 0.3) is 11.1 Å². The molecule has 3 N–H and O–H groups in total. The maximum Gasteiger partial charge on any atom is 0.298 e. The Morgan fingerprint density at radius 3 is 2.84 bits per heavy atom. The van der Waals surface area contributed by atoms with Crippen LogP contribution in [0.5, 0.6) is 5.75 Å². The molecule has 0 unspecified atom stereocenters. The van der Waals surface area contributed by atoms with Gasteiger partial charge in [-0.15, -0.1) is 11.3 Å². The van der Waals surface area contributed by atoms with Crippen molar-refractivity contribution in [3.8, 4) is 5.75 Å². The number of rotatable bonds is 8. The molecule has 37 heavy (non-hydrogen) atoms. The van der Waals surface area contributed by atoms with Gasteiger partial charge >= 0.3 is 0 Å². The second kappa shape index (κ2) is 9.17. The summed E-state index contributed by atoms with van der Waals surface area (Å²) in [5.41, 5.74) is 8.43. The summed E-state index contributed by atoms with van der Waals surface area (Å²) in [5, 5.41) is 8.06. The van der Waals surface area contributed by atoms with E-state index in [2.05, 4.69) is 30.4 Å². The highest BCUT2D eigenvalue weighted by atomic mass is 32.1. The summed E-state index contributed by atoms with van der Waals surface area (Å²) in [6, 6.07) is 6.11. The molecule has 188 valence electrons. The van der Waals surface area contributed by atoms with Crippen molar-refractivity contribution in [1.82, 2.24) is 29.7 Å². The molecule has 0 spiro atoms. The minimum atomic E-state index is -0.654. The van der Waals surface area contributed by atoms with Gasteiger partial charge in [-0.2, -0.15) is 10.1 Å². The van der Waals surface area contributed by atoms with Crippen LogP contribution in [0.3, 0.4) is 0 Å². The van der Waals surface area contributed by atoms with E-state index >= 15 is 0 Å². The number of anilines is 3. The third kappa shape index (κ3) is 4.68. The maximum atomic E-state index is 12.0. The van der Waals surface area contributed by atoms with Crippen LogP contribution in [0, 0.1) is 6.92 Å².